The van der Waals surface area contributed by atoms with Gasteiger partial charge in [-0.1, -0.05) is 11.6 Å². The molecule has 1 aliphatic carbocycles. The predicted octanol–water partition coefficient (Wildman–Crippen LogP) is 2.04. The van der Waals surface area contributed by atoms with Crippen LogP contribution in [-0.4, -0.2) is 30.2 Å². The molecule has 0 unspecified atom stereocenters. The normalized spacial score (nSPS) is 14.9. The molecule has 0 radical (unpaired) electrons. The average Bonchev–Trinajstić information content (AvgIpc) is 3.13. The lowest BCUT2D eigenvalue weighted by Crippen LogP contribution is -2.10. The fourth-order valence-electron chi connectivity index (χ4n) is 1.54. The van der Waals surface area contributed by atoms with Gasteiger partial charge in [0.1, 0.15) is 11.5 Å². The molecule has 0 aromatic carbocycles. The Morgan fingerprint density at radius 2 is 2.24 bits per heavy atom. The minimum atomic E-state index is 0.344. The van der Waals surface area contributed by atoms with Crippen molar-refractivity contribution < 1.29 is 4.74 Å². The second-order valence-electron chi connectivity index (χ2n) is 4.18. The number of methoxy groups -OCH3 is 1. The highest BCUT2D eigenvalue weighted by molar-refractivity contribution is 6.32. The van der Waals surface area contributed by atoms with Gasteiger partial charge in [0.15, 0.2) is 11.0 Å². The highest BCUT2D eigenvalue weighted by Crippen LogP contribution is 2.40. The van der Waals surface area contributed by atoms with Gasteiger partial charge in [-0.15, -0.1) is 0 Å². The highest BCUT2D eigenvalue weighted by atomic mass is 35.5. The molecule has 94 valence electrons. The van der Waals surface area contributed by atoms with Crippen molar-refractivity contribution in [3.63, 3.8) is 0 Å². The summed E-state index contributed by atoms with van der Waals surface area (Å²) in [6.07, 6.45) is 3.18. The largest absolute Gasteiger partial charge is 0.393 e. The Morgan fingerprint density at radius 3 is 2.88 bits per heavy atom. The monoisotopic (exact) mass is 256 g/mol. The Morgan fingerprint density at radius 1 is 1.47 bits per heavy atom. The zero-order chi connectivity index (χ0) is 12.3. The van der Waals surface area contributed by atoms with E-state index in [9.17, 15) is 0 Å². The third-order valence-electron chi connectivity index (χ3n) is 2.68. The number of halogens is 1. The quantitative estimate of drug-likeness (QED) is 0.602. The minimum absolute atomic E-state index is 0.344. The van der Waals surface area contributed by atoms with Crippen LogP contribution in [0.1, 0.15) is 31.0 Å². The number of nitrogens with two attached hydrogens (primary N) is 1. The number of anilines is 2. The summed E-state index contributed by atoms with van der Waals surface area (Å²) >= 11 is 5.99. The van der Waals surface area contributed by atoms with Crippen molar-refractivity contribution in [1.82, 2.24) is 9.97 Å². The van der Waals surface area contributed by atoms with E-state index in [0.29, 0.717) is 29.2 Å². The van der Waals surface area contributed by atoms with Gasteiger partial charge in [-0.25, -0.2) is 9.97 Å². The van der Waals surface area contributed by atoms with Crippen LogP contribution in [0.2, 0.25) is 5.15 Å². The van der Waals surface area contributed by atoms with E-state index in [1.54, 1.807) is 7.11 Å². The van der Waals surface area contributed by atoms with Crippen molar-refractivity contribution in [2.24, 2.45) is 0 Å². The summed E-state index contributed by atoms with van der Waals surface area (Å²) in [5.74, 6) is 1.91. The molecule has 6 heteroatoms. The Labute approximate surface area is 106 Å². The molecule has 1 aromatic rings. The van der Waals surface area contributed by atoms with Crippen molar-refractivity contribution >= 4 is 23.1 Å². The maximum atomic E-state index is 5.99. The summed E-state index contributed by atoms with van der Waals surface area (Å²) < 4.78 is 4.98. The first-order valence-corrected chi connectivity index (χ1v) is 6.16. The van der Waals surface area contributed by atoms with Gasteiger partial charge in [0, 0.05) is 26.2 Å². The molecule has 0 bridgehead atoms. The van der Waals surface area contributed by atoms with Crippen LogP contribution < -0.4 is 11.1 Å². The molecule has 0 amide bonds. The number of nitrogens with one attached hydrogen (secondary N) is 1. The van der Waals surface area contributed by atoms with Gasteiger partial charge in [0.05, 0.1) is 0 Å². The SMILES string of the molecule is COCCCNc1nc(C2CC2)nc(Cl)c1N. The van der Waals surface area contributed by atoms with Gasteiger partial charge in [-0.3, -0.25) is 0 Å². The third kappa shape index (κ3) is 3.20. The fraction of sp³-hybridized carbons (Fsp3) is 0.636. The molecular formula is C11H17ClN4O. The van der Waals surface area contributed by atoms with Gasteiger partial charge < -0.3 is 15.8 Å². The van der Waals surface area contributed by atoms with E-state index < -0.39 is 0 Å². The van der Waals surface area contributed by atoms with Gasteiger partial charge in [0.2, 0.25) is 0 Å². The fourth-order valence-corrected chi connectivity index (χ4v) is 1.72. The zero-order valence-corrected chi connectivity index (χ0v) is 10.6. The van der Waals surface area contributed by atoms with Crippen LogP contribution in [0.25, 0.3) is 0 Å². The van der Waals surface area contributed by atoms with Gasteiger partial charge in [-0.2, -0.15) is 0 Å². The molecule has 5 nitrogen and oxygen atoms in total. The Kier molecular flexibility index (Phi) is 4.02. The molecule has 3 N–H and O–H groups in total. The number of nitrogen functional groups attached to an aromatic ring is 1. The topological polar surface area (TPSA) is 73.1 Å². The molecule has 17 heavy (non-hydrogen) atoms. The first-order valence-electron chi connectivity index (χ1n) is 5.78. The molecule has 1 fully saturated rings. The summed E-state index contributed by atoms with van der Waals surface area (Å²) in [5.41, 5.74) is 6.26. The van der Waals surface area contributed by atoms with E-state index in [0.717, 1.165) is 31.6 Å². The Hall–Kier alpha value is -1.07. The Balaban J connectivity index is 2.03. The summed E-state index contributed by atoms with van der Waals surface area (Å²) in [5, 5.41) is 3.51. The number of nitrogens with zero attached hydrogens (tertiary/aromatic N) is 2. The van der Waals surface area contributed by atoms with Crippen molar-refractivity contribution in [3.8, 4) is 0 Å². The molecule has 2 rings (SSSR count). The van der Waals surface area contributed by atoms with Crippen LogP contribution in [0.3, 0.4) is 0 Å². The maximum absolute atomic E-state index is 5.99. The molecule has 1 aromatic heterocycles. The minimum Gasteiger partial charge on any atom is -0.393 e. The van der Waals surface area contributed by atoms with E-state index in [2.05, 4.69) is 15.3 Å². The standard InChI is InChI=1S/C11H17ClN4O/c1-17-6-2-5-14-11-8(13)9(12)15-10(16-11)7-3-4-7/h7H,2-6,13H2,1H3,(H,14,15,16). The number of hydrogen-bond donors (Lipinski definition) is 2. The smallest absolute Gasteiger partial charge is 0.157 e. The third-order valence-corrected chi connectivity index (χ3v) is 2.96. The lowest BCUT2D eigenvalue weighted by molar-refractivity contribution is 0.198. The van der Waals surface area contributed by atoms with E-state index in [4.69, 9.17) is 22.1 Å². The van der Waals surface area contributed by atoms with Crippen LogP contribution >= 0.6 is 11.6 Å². The summed E-state index contributed by atoms with van der Waals surface area (Å²) in [6.45, 7) is 1.47. The average molecular weight is 257 g/mol. The second kappa shape index (κ2) is 5.51. The molecule has 0 spiro atoms. The molecule has 1 heterocycles. The number of rotatable bonds is 6. The van der Waals surface area contributed by atoms with E-state index in [1.165, 1.54) is 0 Å². The predicted molar refractivity (Wildman–Crippen MR) is 68.4 cm³/mol. The van der Waals surface area contributed by atoms with Crippen LogP contribution in [0.4, 0.5) is 11.5 Å². The number of hydrogen-bond acceptors (Lipinski definition) is 5. The van der Waals surface area contributed by atoms with Crippen LogP contribution in [0.5, 0.6) is 0 Å². The molecule has 1 aliphatic rings. The van der Waals surface area contributed by atoms with E-state index in [-0.39, 0.29) is 0 Å². The van der Waals surface area contributed by atoms with Gasteiger partial charge in [-0.05, 0) is 19.3 Å². The zero-order valence-electron chi connectivity index (χ0n) is 9.87. The van der Waals surface area contributed by atoms with Crippen LogP contribution in [0, 0.1) is 0 Å². The molecule has 0 atom stereocenters. The maximum Gasteiger partial charge on any atom is 0.157 e. The summed E-state index contributed by atoms with van der Waals surface area (Å²) in [4.78, 5) is 8.62. The Bertz CT molecular complexity index is 395. The summed E-state index contributed by atoms with van der Waals surface area (Å²) in [7, 11) is 1.68. The number of ether oxygens (including phenoxy) is 1. The van der Waals surface area contributed by atoms with Crippen molar-refractivity contribution in [2.45, 2.75) is 25.2 Å². The molecule has 0 saturated heterocycles. The van der Waals surface area contributed by atoms with Crippen LogP contribution in [-0.2, 0) is 4.74 Å². The number of aromatic nitrogens is 2. The second-order valence-corrected chi connectivity index (χ2v) is 4.54. The first kappa shape index (κ1) is 12.4. The van der Waals surface area contributed by atoms with E-state index in [1.807, 2.05) is 0 Å². The molecule has 1 saturated carbocycles. The lowest BCUT2D eigenvalue weighted by Gasteiger charge is -2.10. The van der Waals surface area contributed by atoms with Gasteiger partial charge in [0.25, 0.3) is 0 Å². The molecular weight excluding hydrogens is 240 g/mol. The molecule has 0 aliphatic heterocycles. The summed E-state index contributed by atoms with van der Waals surface area (Å²) in [6, 6.07) is 0. The lowest BCUT2D eigenvalue weighted by atomic mass is 10.3. The van der Waals surface area contributed by atoms with E-state index >= 15 is 0 Å². The van der Waals surface area contributed by atoms with Gasteiger partial charge >= 0.3 is 0 Å². The van der Waals surface area contributed by atoms with Crippen molar-refractivity contribution in [2.75, 3.05) is 31.3 Å². The highest BCUT2D eigenvalue weighted by Gasteiger charge is 2.28. The van der Waals surface area contributed by atoms with Crippen molar-refractivity contribution in [1.29, 1.82) is 0 Å². The van der Waals surface area contributed by atoms with Crippen LogP contribution in [0.15, 0.2) is 0 Å². The first-order chi connectivity index (χ1) is 8.22. The van der Waals surface area contributed by atoms with Crippen molar-refractivity contribution in [3.05, 3.63) is 11.0 Å².